The van der Waals surface area contributed by atoms with Gasteiger partial charge in [0.2, 0.25) is 0 Å². The number of hydrogen-bond donors (Lipinski definition) is 1. The van der Waals surface area contributed by atoms with E-state index in [1.165, 1.54) is 0 Å². The Hall–Kier alpha value is -3.05. The summed E-state index contributed by atoms with van der Waals surface area (Å²) in [4.78, 5) is 8.76. The first-order valence-corrected chi connectivity index (χ1v) is 7.04. The van der Waals surface area contributed by atoms with Crippen molar-refractivity contribution < 1.29 is 0 Å². The van der Waals surface area contributed by atoms with Crippen LogP contribution in [-0.2, 0) is 0 Å². The van der Waals surface area contributed by atoms with Crippen molar-refractivity contribution in [1.82, 2.24) is 4.59 Å². The molecule has 0 aromatic heterocycles. The highest BCUT2D eigenvalue weighted by atomic mass is 15.7. The molecule has 2 aliphatic rings. The van der Waals surface area contributed by atoms with Crippen LogP contribution in [0.1, 0.15) is 0 Å². The van der Waals surface area contributed by atoms with Crippen LogP contribution in [0.15, 0.2) is 88.1 Å². The summed E-state index contributed by atoms with van der Waals surface area (Å²) >= 11 is 0. The van der Waals surface area contributed by atoms with E-state index in [4.69, 9.17) is 5.10 Å². The molecule has 106 valence electrons. The Kier molecular flexibility index (Phi) is 2.91. The van der Waals surface area contributed by atoms with Crippen molar-refractivity contribution in [1.29, 1.82) is 0 Å². The molecule has 0 spiro atoms. The standard InChI is InChI=1S/C17H14N5/c1-3-7-14(8-4-1)19-17-20-16-13-18-11-12-22(16,21-17)15-9-5-2-6-10-15/h1-13H,(H,19,21)/q+1. The van der Waals surface area contributed by atoms with Crippen LogP contribution in [0.2, 0.25) is 0 Å². The van der Waals surface area contributed by atoms with E-state index >= 15 is 0 Å². The Morgan fingerprint density at radius 1 is 0.864 bits per heavy atom. The molecule has 2 aliphatic heterocycles. The lowest BCUT2D eigenvalue weighted by atomic mass is 10.2. The second kappa shape index (κ2) is 5.05. The monoisotopic (exact) mass is 288 g/mol. The van der Waals surface area contributed by atoms with Gasteiger partial charge >= 0.3 is 0 Å². The van der Waals surface area contributed by atoms with Crippen LogP contribution < -0.4 is 9.91 Å². The molecule has 1 atom stereocenters. The number of aliphatic imine (C=N–C) groups is 2. The molecule has 0 bridgehead atoms. The predicted octanol–water partition coefficient (Wildman–Crippen LogP) is 3.34. The number of guanidine groups is 1. The van der Waals surface area contributed by atoms with Crippen LogP contribution in [-0.4, -0.2) is 18.0 Å². The van der Waals surface area contributed by atoms with Crippen LogP contribution in [0.4, 0.5) is 11.4 Å². The SMILES string of the molecule is C1=C[N+]2(c3ccccc3)N=C(Nc3ccccc3)N=C2C=N1. The molecule has 0 aliphatic carbocycles. The van der Waals surface area contributed by atoms with Gasteiger partial charge in [-0.15, -0.1) is 0 Å². The Labute approximate surface area is 128 Å². The van der Waals surface area contributed by atoms with Crippen LogP contribution >= 0.6 is 0 Å². The smallest absolute Gasteiger partial charge is 0.287 e. The molecule has 5 heteroatoms. The molecule has 4 rings (SSSR count). The zero-order valence-corrected chi connectivity index (χ0v) is 11.8. The van der Waals surface area contributed by atoms with Crippen molar-refractivity contribution in [2.24, 2.45) is 15.1 Å². The number of quaternary nitrogens is 1. The van der Waals surface area contributed by atoms with Gasteiger partial charge in [0.25, 0.3) is 11.8 Å². The fraction of sp³-hybridized carbons (Fsp3) is 0. The molecule has 0 saturated heterocycles. The first-order valence-electron chi connectivity index (χ1n) is 7.04. The summed E-state index contributed by atoms with van der Waals surface area (Å²) in [6.07, 6.45) is 5.42. The van der Waals surface area contributed by atoms with Crippen LogP contribution in [0, 0.1) is 0 Å². The Morgan fingerprint density at radius 2 is 1.59 bits per heavy atom. The molecule has 1 unspecified atom stereocenters. The summed E-state index contributed by atoms with van der Waals surface area (Å²) in [7, 11) is 0. The number of nitrogens with one attached hydrogen (secondary N) is 1. The normalized spacial score (nSPS) is 22.0. The number of hydrogen-bond acceptors (Lipinski definition) is 4. The zero-order chi connectivity index (χ0) is 14.8. The molecular weight excluding hydrogens is 274 g/mol. The molecule has 2 heterocycles. The summed E-state index contributed by atoms with van der Waals surface area (Å²) in [5.74, 6) is 1.34. The van der Waals surface area contributed by atoms with Crippen molar-refractivity contribution in [3.05, 3.63) is 73.1 Å². The Bertz CT molecular complexity index is 805. The maximum absolute atomic E-state index is 4.77. The second-order valence-electron chi connectivity index (χ2n) is 4.98. The van der Waals surface area contributed by atoms with E-state index in [0.29, 0.717) is 5.96 Å². The number of nitrogens with zero attached hydrogens (tertiary/aromatic N) is 4. The van der Waals surface area contributed by atoms with E-state index in [0.717, 1.165) is 17.2 Å². The summed E-state index contributed by atoms with van der Waals surface area (Å²) in [5.41, 5.74) is 1.98. The highest BCUT2D eigenvalue weighted by Gasteiger charge is 2.42. The molecule has 1 N–H and O–H groups in total. The van der Waals surface area contributed by atoms with Gasteiger partial charge < -0.3 is 5.32 Å². The number of amidine groups is 1. The highest BCUT2D eigenvalue weighted by Crippen LogP contribution is 2.30. The highest BCUT2D eigenvalue weighted by molar-refractivity contribution is 6.38. The lowest BCUT2D eigenvalue weighted by molar-refractivity contribution is 0.592. The Morgan fingerprint density at radius 3 is 2.36 bits per heavy atom. The number of anilines is 1. The van der Waals surface area contributed by atoms with Gasteiger partial charge in [-0.2, -0.15) is 4.99 Å². The average molecular weight is 288 g/mol. The van der Waals surface area contributed by atoms with Gasteiger partial charge in [0, 0.05) is 17.8 Å². The predicted molar refractivity (Wildman–Crippen MR) is 90.8 cm³/mol. The zero-order valence-electron chi connectivity index (χ0n) is 11.8. The summed E-state index contributed by atoms with van der Waals surface area (Å²) in [6.45, 7) is 0. The van der Waals surface area contributed by atoms with Crippen molar-refractivity contribution in [3.63, 3.8) is 0 Å². The van der Waals surface area contributed by atoms with Gasteiger partial charge in [0.15, 0.2) is 11.9 Å². The topological polar surface area (TPSA) is 49.1 Å². The molecule has 5 nitrogen and oxygen atoms in total. The fourth-order valence-corrected chi connectivity index (χ4v) is 2.51. The van der Waals surface area contributed by atoms with E-state index in [1.54, 1.807) is 12.4 Å². The van der Waals surface area contributed by atoms with E-state index in [9.17, 15) is 0 Å². The molecule has 0 radical (unpaired) electrons. The average Bonchev–Trinajstić information content (AvgIpc) is 2.96. The van der Waals surface area contributed by atoms with Crippen molar-refractivity contribution in [3.8, 4) is 0 Å². The molecule has 2 aromatic rings. The minimum absolute atomic E-state index is 0.208. The quantitative estimate of drug-likeness (QED) is 0.846. The van der Waals surface area contributed by atoms with E-state index in [1.807, 2.05) is 66.9 Å². The molecule has 0 fully saturated rings. The molecular formula is C17H14N5+. The fourth-order valence-electron chi connectivity index (χ4n) is 2.51. The van der Waals surface area contributed by atoms with Gasteiger partial charge in [-0.3, -0.25) is 4.99 Å². The van der Waals surface area contributed by atoms with E-state index in [2.05, 4.69) is 15.3 Å². The number of rotatable bonds is 2. The Balaban J connectivity index is 1.76. The van der Waals surface area contributed by atoms with Crippen molar-refractivity contribution in [2.45, 2.75) is 0 Å². The van der Waals surface area contributed by atoms with E-state index in [-0.39, 0.29) is 4.59 Å². The summed E-state index contributed by atoms with van der Waals surface area (Å²) in [6, 6.07) is 19.9. The number of fused-ring (bicyclic) bond motifs is 1. The van der Waals surface area contributed by atoms with E-state index < -0.39 is 0 Å². The third-order valence-electron chi connectivity index (χ3n) is 3.56. The van der Waals surface area contributed by atoms with Crippen molar-refractivity contribution in [2.75, 3.05) is 5.32 Å². The van der Waals surface area contributed by atoms with Crippen LogP contribution in [0.25, 0.3) is 0 Å². The first-order chi connectivity index (χ1) is 10.9. The minimum Gasteiger partial charge on any atom is -0.320 e. The third kappa shape index (κ3) is 2.04. The molecule has 0 amide bonds. The lowest BCUT2D eigenvalue weighted by Crippen LogP contribution is -2.44. The van der Waals surface area contributed by atoms with Gasteiger partial charge in [-0.25, -0.2) is 0 Å². The first kappa shape index (κ1) is 12.7. The molecule has 2 aromatic carbocycles. The summed E-state index contributed by atoms with van der Waals surface area (Å²) < 4.78 is 0.208. The maximum Gasteiger partial charge on any atom is 0.287 e. The molecule has 0 saturated carbocycles. The molecule has 22 heavy (non-hydrogen) atoms. The largest absolute Gasteiger partial charge is 0.320 e. The summed E-state index contributed by atoms with van der Waals surface area (Å²) in [5, 5.41) is 8.01. The maximum atomic E-state index is 4.77. The van der Waals surface area contributed by atoms with Crippen LogP contribution in [0.3, 0.4) is 0 Å². The van der Waals surface area contributed by atoms with Gasteiger partial charge in [0.1, 0.15) is 6.21 Å². The van der Waals surface area contributed by atoms with Crippen LogP contribution in [0.5, 0.6) is 0 Å². The van der Waals surface area contributed by atoms with Gasteiger partial charge in [0.05, 0.1) is 6.20 Å². The lowest BCUT2D eigenvalue weighted by Gasteiger charge is -2.23. The van der Waals surface area contributed by atoms with Crippen molar-refractivity contribution >= 4 is 29.4 Å². The number of para-hydroxylation sites is 2. The second-order valence-corrected chi connectivity index (χ2v) is 4.98. The third-order valence-corrected chi connectivity index (χ3v) is 3.56. The van der Waals surface area contributed by atoms with Gasteiger partial charge in [-0.1, -0.05) is 41.0 Å². The number of benzene rings is 2. The minimum atomic E-state index is 0.208. The van der Waals surface area contributed by atoms with Gasteiger partial charge in [-0.05, 0) is 17.2 Å².